The van der Waals surface area contributed by atoms with E-state index in [9.17, 15) is 9.59 Å². The summed E-state index contributed by atoms with van der Waals surface area (Å²) in [6.07, 6.45) is 5.67. The minimum Gasteiger partial charge on any atom is -0.338 e. The number of aromatic nitrogens is 2. The van der Waals surface area contributed by atoms with Crippen LogP contribution < -0.4 is 0 Å². The van der Waals surface area contributed by atoms with Gasteiger partial charge < -0.3 is 14.3 Å². The first kappa shape index (κ1) is 19.6. The average molecular weight is 396 g/mol. The molecule has 1 aliphatic carbocycles. The van der Waals surface area contributed by atoms with Gasteiger partial charge in [0, 0.05) is 37.2 Å². The van der Waals surface area contributed by atoms with Gasteiger partial charge in [-0.2, -0.15) is 4.98 Å². The monoisotopic (exact) mass is 396 g/mol. The van der Waals surface area contributed by atoms with Crippen molar-refractivity contribution in [2.75, 3.05) is 19.6 Å². The Morgan fingerprint density at radius 2 is 1.86 bits per heavy atom. The summed E-state index contributed by atoms with van der Waals surface area (Å²) >= 11 is 0. The molecule has 7 nitrogen and oxygen atoms in total. The van der Waals surface area contributed by atoms with E-state index in [0.29, 0.717) is 31.3 Å². The molecule has 1 aromatic carbocycles. The lowest BCUT2D eigenvalue weighted by atomic mass is 9.88. The molecular weight excluding hydrogens is 368 g/mol. The molecule has 1 saturated heterocycles. The van der Waals surface area contributed by atoms with Gasteiger partial charge in [-0.25, -0.2) is 0 Å². The maximum atomic E-state index is 12.9. The molecule has 2 aromatic rings. The lowest BCUT2D eigenvalue weighted by molar-refractivity contribution is -0.145. The molecule has 0 radical (unpaired) electrons. The van der Waals surface area contributed by atoms with Gasteiger partial charge >= 0.3 is 0 Å². The molecule has 0 bridgehead atoms. The molecule has 29 heavy (non-hydrogen) atoms. The van der Waals surface area contributed by atoms with Crippen molar-refractivity contribution in [3.63, 3.8) is 0 Å². The molecular formula is C22H28N4O3. The predicted molar refractivity (Wildman–Crippen MR) is 108 cm³/mol. The number of carbonyl (C=O) groups is 2. The van der Waals surface area contributed by atoms with Crippen molar-refractivity contribution in [3.05, 3.63) is 36.2 Å². The van der Waals surface area contributed by atoms with Gasteiger partial charge in [0.1, 0.15) is 0 Å². The molecule has 2 aliphatic rings. The highest BCUT2D eigenvalue weighted by Crippen LogP contribution is 2.27. The first-order valence-electron chi connectivity index (χ1n) is 10.6. The van der Waals surface area contributed by atoms with Crippen molar-refractivity contribution >= 4 is 11.8 Å². The quantitative estimate of drug-likeness (QED) is 0.794. The molecule has 2 heterocycles. The topological polar surface area (TPSA) is 79.5 Å². The van der Waals surface area contributed by atoms with E-state index in [-0.39, 0.29) is 30.2 Å². The Morgan fingerprint density at radius 1 is 1.10 bits per heavy atom. The van der Waals surface area contributed by atoms with Crippen LogP contribution in [-0.4, -0.2) is 57.4 Å². The van der Waals surface area contributed by atoms with Crippen molar-refractivity contribution in [2.45, 2.75) is 51.5 Å². The second-order valence-electron chi connectivity index (χ2n) is 8.11. The Bertz CT molecular complexity index is 845. The van der Waals surface area contributed by atoms with Gasteiger partial charge in [-0.05, 0) is 31.9 Å². The Hall–Kier alpha value is -2.70. The van der Waals surface area contributed by atoms with Crippen LogP contribution in [-0.2, 0) is 16.0 Å². The third kappa shape index (κ3) is 4.49. The van der Waals surface area contributed by atoms with Gasteiger partial charge in [0.05, 0.1) is 6.42 Å². The van der Waals surface area contributed by atoms with E-state index in [2.05, 4.69) is 10.1 Å². The zero-order chi connectivity index (χ0) is 20.2. The van der Waals surface area contributed by atoms with Gasteiger partial charge in [0.25, 0.3) is 5.89 Å². The summed E-state index contributed by atoms with van der Waals surface area (Å²) in [6, 6.07) is 9.54. The minimum absolute atomic E-state index is 0.0259. The van der Waals surface area contributed by atoms with Crippen molar-refractivity contribution in [1.29, 1.82) is 0 Å². The number of rotatable bonds is 4. The number of piperazine rings is 1. The highest BCUT2D eigenvalue weighted by molar-refractivity contribution is 5.81. The third-order valence-electron chi connectivity index (χ3n) is 6.02. The standard InChI is InChI=1S/C22H28N4O3/c1-16-15-25(12-13-26(16)22(28)18-10-6-3-7-11-18)20(27)14-19-23-21(29-24-19)17-8-4-2-5-9-17/h2,4-5,8-9,16,18H,3,6-7,10-15H2,1H3/t16-/m1/s1. The van der Waals surface area contributed by atoms with Crippen LogP contribution in [0.15, 0.2) is 34.9 Å². The molecule has 2 amide bonds. The van der Waals surface area contributed by atoms with Crippen LogP contribution in [0, 0.1) is 5.92 Å². The van der Waals surface area contributed by atoms with Crippen molar-refractivity contribution in [2.24, 2.45) is 5.92 Å². The molecule has 1 aromatic heterocycles. The largest absolute Gasteiger partial charge is 0.338 e. The van der Waals surface area contributed by atoms with E-state index in [1.807, 2.05) is 47.1 Å². The average Bonchev–Trinajstić information content (AvgIpc) is 3.23. The molecule has 7 heteroatoms. The smallest absolute Gasteiger partial charge is 0.257 e. The van der Waals surface area contributed by atoms with E-state index in [1.54, 1.807) is 0 Å². The summed E-state index contributed by atoms with van der Waals surface area (Å²) in [5.74, 6) is 1.23. The minimum atomic E-state index is -0.0259. The van der Waals surface area contributed by atoms with Gasteiger partial charge in [-0.1, -0.05) is 42.6 Å². The van der Waals surface area contributed by atoms with Crippen molar-refractivity contribution in [3.8, 4) is 11.5 Å². The number of amides is 2. The number of nitrogens with zero attached hydrogens (tertiary/aromatic N) is 4. The number of benzene rings is 1. The number of carbonyl (C=O) groups excluding carboxylic acids is 2. The highest BCUT2D eigenvalue weighted by Gasteiger charge is 2.33. The number of hydrogen-bond acceptors (Lipinski definition) is 5. The molecule has 0 N–H and O–H groups in total. The first-order valence-corrected chi connectivity index (χ1v) is 10.6. The van der Waals surface area contributed by atoms with Crippen LogP contribution in [0.5, 0.6) is 0 Å². The van der Waals surface area contributed by atoms with Crippen LogP contribution in [0.2, 0.25) is 0 Å². The molecule has 0 spiro atoms. The lowest BCUT2D eigenvalue weighted by Gasteiger charge is -2.41. The fraction of sp³-hybridized carbons (Fsp3) is 0.545. The van der Waals surface area contributed by atoms with Crippen molar-refractivity contribution < 1.29 is 14.1 Å². The van der Waals surface area contributed by atoms with Gasteiger partial charge in [0.15, 0.2) is 5.82 Å². The zero-order valence-corrected chi connectivity index (χ0v) is 16.9. The summed E-state index contributed by atoms with van der Waals surface area (Å²) in [5.41, 5.74) is 0.835. The van der Waals surface area contributed by atoms with E-state index in [0.717, 1.165) is 31.2 Å². The SMILES string of the molecule is C[C@@H]1CN(C(=O)Cc2noc(-c3ccccc3)n2)CCN1C(=O)C1CCCCC1. The van der Waals surface area contributed by atoms with Crippen LogP contribution in [0.4, 0.5) is 0 Å². The van der Waals surface area contributed by atoms with E-state index < -0.39 is 0 Å². The summed E-state index contributed by atoms with van der Waals surface area (Å²) in [5, 5.41) is 3.95. The molecule has 4 rings (SSSR count). The molecule has 1 aliphatic heterocycles. The third-order valence-corrected chi connectivity index (χ3v) is 6.02. The van der Waals surface area contributed by atoms with Crippen molar-refractivity contribution in [1.82, 2.24) is 19.9 Å². The van der Waals surface area contributed by atoms with Gasteiger partial charge in [0.2, 0.25) is 11.8 Å². The van der Waals surface area contributed by atoms with Crippen LogP contribution in [0.25, 0.3) is 11.5 Å². The molecule has 2 fully saturated rings. The Labute approximate surface area is 171 Å². The Kier molecular flexibility index (Phi) is 5.92. The molecule has 1 saturated carbocycles. The van der Waals surface area contributed by atoms with Crippen LogP contribution >= 0.6 is 0 Å². The maximum absolute atomic E-state index is 12.9. The zero-order valence-electron chi connectivity index (χ0n) is 16.9. The second kappa shape index (κ2) is 8.76. The molecule has 1 atom stereocenters. The first-order chi connectivity index (χ1) is 14.1. The highest BCUT2D eigenvalue weighted by atomic mass is 16.5. The predicted octanol–water partition coefficient (Wildman–Crippen LogP) is 2.92. The molecule has 0 unspecified atom stereocenters. The van der Waals surface area contributed by atoms with E-state index in [4.69, 9.17) is 4.52 Å². The van der Waals surface area contributed by atoms with E-state index in [1.165, 1.54) is 6.42 Å². The van der Waals surface area contributed by atoms with Gasteiger partial charge in [-0.15, -0.1) is 0 Å². The Balaban J connectivity index is 1.33. The van der Waals surface area contributed by atoms with Gasteiger partial charge in [-0.3, -0.25) is 9.59 Å². The lowest BCUT2D eigenvalue weighted by Crippen LogP contribution is -2.57. The summed E-state index contributed by atoms with van der Waals surface area (Å²) in [4.78, 5) is 33.7. The second-order valence-corrected chi connectivity index (χ2v) is 8.11. The summed E-state index contributed by atoms with van der Waals surface area (Å²) in [6.45, 7) is 3.75. The number of hydrogen-bond donors (Lipinski definition) is 0. The normalized spacial score (nSPS) is 20.7. The summed E-state index contributed by atoms with van der Waals surface area (Å²) in [7, 11) is 0. The molecule has 154 valence electrons. The Morgan fingerprint density at radius 3 is 2.59 bits per heavy atom. The fourth-order valence-corrected chi connectivity index (χ4v) is 4.37. The fourth-order valence-electron chi connectivity index (χ4n) is 4.37. The van der Waals surface area contributed by atoms with E-state index >= 15 is 0 Å². The summed E-state index contributed by atoms with van der Waals surface area (Å²) < 4.78 is 5.29. The van der Waals surface area contributed by atoms with Crippen LogP contribution in [0.1, 0.15) is 44.9 Å². The maximum Gasteiger partial charge on any atom is 0.257 e. The van der Waals surface area contributed by atoms with Crippen LogP contribution in [0.3, 0.4) is 0 Å².